The summed E-state index contributed by atoms with van der Waals surface area (Å²) in [5.41, 5.74) is -1.16. The highest BCUT2D eigenvalue weighted by atomic mass is 16.6. The van der Waals surface area contributed by atoms with Crippen molar-refractivity contribution in [3.63, 3.8) is 0 Å². The van der Waals surface area contributed by atoms with E-state index in [-0.39, 0.29) is 56.1 Å². The lowest BCUT2D eigenvalue weighted by Gasteiger charge is -2.13. The summed E-state index contributed by atoms with van der Waals surface area (Å²) in [6.07, 6.45) is 0. The van der Waals surface area contributed by atoms with Gasteiger partial charge in [0.15, 0.2) is 0 Å². The number of carboxylic acids is 2. The average molecular weight is 570 g/mol. The topological polar surface area (TPSA) is 219 Å². The molecule has 0 aromatic heterocycles. The Kier molecular flexibility index (Phi) is 7.99. The lowest BCUT2D eigenvalue weighted by molar-refractivity contribution is -0.385. The summed E-state index contributed by atoms with van der Waals surface area (Å²) >= 11 is 0. The molecule has 14 nitrogen and oxygen atoms in total. The van der Waals surface area contributed by atoms with E-state index in [9.17, 15) is 49.6 Å². The molecule has 0 unspecified atom stereocenters. The third-order valence-electron chi connectivity index (χ3n) is 5.97. The van der Waals surface area contributed by atoms with Gasteiger partial charge in [-0.1, -0.05) is 24.3 Å². The Balaban J connectivity index is 1.63. The zero-order chi connectivity index (χ0) is 30.6. The molecule has 0 radical (unpaired) electrons. The van der Waals surface area contributed by atoms with Crippen molar-refractivity contribution in [2.24, 2.45) is 0 Å². The molecular formula is C28H18N4O10. The molecule has 0 aliphatic carbocycles. The minimum atomic E-state index is -1.41. The van der Waals surface area contributed by atoms with Crippen LogP contribution in [0.3, 0.4) is 0 Å². The molecule has 14 heteroatoms. The number of benzene rings is 4. The Hall–Kier alpha value is -6.44. The molecule has 2 amide bonds. The molecule has 0 aliphatic heterocycles. The molecule has 4 aromatic rings. The Morgan fingerprint density at radius 3 is 1.29 bits per heavy atom. The van der Waals surface area contributed by atoms with Gasteiger partial charge in [0, 0.05) is 35.4 Å². The molecule has 4 aromatic carbocycles. The van der Waals surface area contributed by atoms with E-state index in [2.05, 4.69) is 10.6 Å². The summed E-state index contributed by atoms with van der Waals surface area (Å²) < 4.78 is 0. The molecule has 0 spiro atoms. The van der Waals surface area contributed by atoms with Crippen LogP contribution < -0.4 is 10.6 Å². The van der Waals surface area contributed by atoms with Crippen LogP contribution in [0.4, 0.5) is 22.7 Å². The Bertz CT molecular complexity index is 1670. The predicted molar refractivity (Wildman–Crippen MR) is 148 cm³/mol. The molecule has 4 rings (SSSR count). The van der Waals surface area contributed by atoms with Crippen LogP contribution in [0, 0.1) is 20.2 Å². The first kappa shape index (κ1) is 28.6. The highest BCUT2D eigenvalue weighted by Crippen LogP contribution is 2.30. The zero-order valence-corrected chi connectivity index (χ0v) is 21.1. The maximum Gasteiger partial charge on any atom is 0.337 e. The van der Waals surface area contributed by atoms with Gasteiger partial charge >= 0.3 is 11.9 Å². The lowest BCUT2D eigenvalue weighted by atomic mass is 9.98. The monoisotopic (exact) mass is 570 g/mol. The number of amides is 2. The number of anilines is 2. The van der Waals surface area contributed by atoms with Crippen LogP contribution in [-0.4, -0.2) is 43.8 Å². The normalized spacial score (nSPS) is 10.4. The van der Waals surface area contributed by atoms with Gasteiger partial charge in [-0.05, 0) is 47.5 Å². The van der Waals surface area contributed by atoms with Crippen molar-refractivity contribution >= 4 is 46.5 Å². The fourth-order valence-corrected chi connectivity index (χ4v) is 3.93. The van der Waals surface area contributed by atoms with E-state index in [4.69, 9.17) is 0 Å². The molecule has 0 saturated heterocycles. The third kappa shape index (κ3) is 6.23. The van der Waals surface area contributed by atoms with E-state index in [0.29, 0.717) is 0 Å². The largest absolute Gasteiger partial charge is 0.478 e. The number of hydrogen-bond acceptors (Lipinski definition) is 8. The number of non-ortho nitro benzene ring substituents is 2. The van der Waals surface area contributed by atoms with Crippen molar-refractivity contribution < 1.29 is 39.2 Å². The molecule has 0 fully saturated rings. The number of nitrogens with zero attached hydrogens (tertiary/aromatic N) is 2. The van der Waals surface area contributed by atoms with Gasteiger partial charge in [0.1, 0.15) is 0 Å². The molecule has 0 heterocycles. The van der Waals surface area contributed by atoms with Crippen LogP contribution in [0.5, 0.6) is 0 Å². The Labute approximate surface area is 235 Å². The van der Waals surface area contributed by atoms with Gasteiger partial charge < -0.3 is 20.8 Å². The smallest absolute Gasteiger partial charge is 0.337 e. The maximum absolute atomic E-state index is 12.7. The fraction of sp³-hybridized carbons (Fsp3) is 0. The zero-order valence-electron chi connectivity index (χ0n) is 21.1. The van der Waals surface area contributed by atoms with E-state index >= 15 is 0 Å². The fourth-order valence-electron chi connectivity index (χ4n) is 3.93. The number of carboxylic acid groups (broad SMARTS) is 2. The molecule has 0 atom stereocenters. The molecular weight excluding hydrogens is 552 g/mol. The van der Waals surface area contributed by atoms with E-state index < -0.39 is 33.6 Å². The highest BCUT2D eigenvalue weighted by molar-refractivity contribution is 6.09. The summed E-state index contributed by atoms with van der Waals surface area (Å²) in [6.45, 7) is 0. The molecule has 210 valence electrons. The number of carbonyl (C=O) groups excluding carboxylic acids is 2. The van der Waals surface area contributed by atoms with Crippen molar-refractivity contribution in [2.45, 2.75) is 0 Å². The van der Waals surface area contributed by atoms with Crippen molar-refractivity contribution in [1.82, 2.24) is 0 Å². The van der Waals surface area contributed by atoms with Crippen molar-refractivity contribution in [2.75, 3.05) is 10.6 Å². The number of nitrogens with one attached hydrogen (secondary N) is 2. The van der Waals surface area contributed by atoms with E-state index in [1.165, 1.54) is 72.8 Å². The van der Waals surface area contributed by atoms with Crippen LogP contribution in [0.1, 0.15) is 41.4 Å². The van der Waals surface area contributed by atoms with Crippen LogP contribution in [0.25, 0.3) is 11.1 Å². The first-order chi connectivity index (χ1) is 19.9. The first-order valence-electron chi connectivity index (χ1n) is 11.8. The number of rotatable bonds is 9. The van der Waals surface area contributed by atoms with Crippen LogP contribution in [0.15, 0.2) is 84.9 Å². The highest BCUT2D eigenvalue weighted by Gasteiger charge is 2.20. The van der Waals surface area contributed by atoms with E-state index in [1.807, 2.05) is 0 Å². The van der Waals surface area contributed by atoms with E-state index in [0.717, 1.165) is 12.1 Å². The quantitative estimate of drug-likeness (QED) is 0.154. The van der Waals surface area contributed by atoms with Crippen LogP contribution in [-0.2, 0) is 0 Å². The molecule has 0 saturated carbocycles. The van der Waals surface area contributed by atoms with Crippen molar-refractivity contribution in [1.29, 1.82) is 0 Å². The Morgan fingerprint density at radius 2 is 0.952 bits per heavy atom. The van der Waals surface area contributed by atoms with Crippen LogP contribution in [0.2, 0.25) is 0 Å². The molecule has 4 N–H and O–H groups in total. The SMILES string of the molecule is O=C(Nc1ccc(-c2ccc(NC(=O)c3cccc([N+](=O)[O-])c3)c(C(=O)O)c2)cc1C(=O)O)c1cccc([N+](=O)[O-])c1. The van der Waals surface area contributed by atoms with E-state index in [1.54, 1.807) is 0 Å². The number of nitro groups is 2. The van der Waals surface area contributed by atoms with Crippen molar-refractivity contribution in [3.05, 3.63) is 127 Å². The lowest BCUT2D eigenvalue weighted by Crippen LogP contribution is -2.15. The minimum Gasteiger partial charge on any atom is -0.478 e. The number of carbonyl (C=O) groups is 4. The van der Waals surface area contributed by atoms with Gasteiger partial charge in [0.2, 0.25) is 0 Å². The first-order valence-corrected chi connectivity index (χ1v) is 11.8. The second-order valence-electron chi connectivity index (χ2n) is 8.65. The predicted octanol–water partition coefficient (Wildman–Crippen LogP) is 5.07. The number of hydrogen-bond donors (Lipinski definition) is 4. The second-order valence-corrected chi connectivity index (χ2v) is 8.65. The summed E-state index contributed by atoms with van der Waals surface area (Å²) in [7, 11) is 0. The van der Waals surface area contributed by atoms with Gasteiger partial charge in [0.25, 0.3) is 23.2 Å². The second kappa shape index (κ2) is 11.7. The molecule has 42 heavy (non-hydrogen) atoms. The van der Waals surface area contributed by atoms with Crippen molar-refractivity contribution in [3.8, 4) is 11.1 Å². The summed E-state index contributed by atoms with van der Waals surface area (Å²) in [4.78, 5) is 70.0. The maximum atomic E-state index is 12.7. The van der Waals surface area contributed by atoms with Gasteiger partial charge in [-0.2, -0.15) is 0 Å². The standard InChI is InChI=1S/C28H18N4O10/c33-25(17-3-1-5-19(11-17)31(39)40)29-23-9-7-15(13-21(23)27(35)36)16-8-10-24(22(14-16)28(37)38)30-26(34)18-4-2-6-20(12-18)32(41)42/h1-14H,(H,29,33)(H,30,34)(H,35,36)(H,37,38). The van der Waals surface area contributed by atoms with Gasteiger partial charge in [0.05, 0.1) is 32.3 Å². The molecule has 0 aliphatic rings. The Morgan fingerprint density at radius 1 is 0.571 bits per heavy atom. The minimum absolute atomic E-state index is 0.0709. The number of nitro benzene ring substituents is 2. The summed E-state index contributed by atoms with van der Waals surface area (Å²) in [6, 6.07) is 17.6. The number of aromatic carboxylic acids is 2. The van der Waals surface area contributed by atoms with Gasteiger partial charge in [-0.25, -0.2) is 9.59 Å². The van der Waals surface area contributed by atoms with Gasteiger partial charge in [-0.15, -0.1) is 0 Å². The third-order valence-corrected chi connectivity index (χ3v) is 5.97. The average Bonchev–Trinajstić information content (AvgIpc) is 2.97. The molecule has 0 bridgehead atoms. The van der Waals surface area contributed by atoms with Crippen LogP contribution >= 0.6 is 0 Å². The van der Waals surface area contributed by atoms with Gasteiger partial charge in [-0.3, -0.25) is 29.8 Å². The summed E-state index contributed by atoms with van der Waals surface area (Å²) in [5, 5.41) is 46.4. The summed E-state index contributed by atoms with van der Waals surface area (Å²) in [5.74, 6) is -4.40.